The lowest BCUT2D eigenvalue weighted by molar-refractivity contribution is -0.211. The van der Waals surface area contributed by atoms with Gasteiger partial charge in [0, 0.05) is 28.2 Å². The van der Waals surface area contributed by atoms with E-state index in [1.807, 2.05) is 47.4 Å². The molecule has 0 spiro atoms. The minimum Gasteiger partial charge on any atom is -0.491 e. The largest absolute Gasteiger partial charge is 0.491 e. The number of benzene rings is 2. The zero-order valence-electron chi connectivity index (χ0n) is 19.2. The second-order valence-corrected chi connectivity index (χ2v) is 10.2. The number of hydrogen-bond donors (Lipinski definition) is 4. The summed E-state index contributed by atoms with van der Waals surface area (Å²) in [7, 11) is 0. The molecule has 3 atom stereocenters. The first-order chi connectivity index (χ1) is 16.4. The van der Waals surface area contributed by atoms with E-state index in [4.69, 9.17) is 26.2 Å². The van der Waals surface area contributed by atoms with Crippen molar-refractivity contribution in [3.63, 3.8) is 0 Å². The molecule has 34 heavy (non-hydrogen) atoms. The Hall–Kier alpha value is -2.13. The molecule has 1 unspecified atom stereocenters. The lowest BCUT2D eigenvalue weighted by Gasteiger charge is -2.39. The Balaban J connectivity index is 1.46. The van der Waals surface area contributed by atoms with Crippen LogP contribution in [-0.2, 0) is 11.2 Å². The van der Waals surface area contributed by atoms with Crippen molar-refractivity contribution in [2.45, 2.75) is 44.7 Å². The summed E-state index contributed by atoms with van der Waals surface area (Å²) in [6.45, 7) is 3.02. The maximum absolute atomic E-state index is 11.1. The molecule has 1 aliphatic carbocycles. The third kappa shape index (κ3) is 4.82. The molecule has 0 bridgehead atoms. The SMILES string of the molecule is CC1(COC(O)N2CCc3c([nH]c4ccc(Cl)cc34)[C@@H]2c2ccc(OC[C@@H](O)CO)cc2)CC1. The molecule has 1 aliphatic heterocycles. The van der Waals surface area contributed by atoms with Gasteiger partial charge in [-0.05, 0) is 66.1 Å². The van der Waals surface area contributed by atoms with Gasteiger partial charge in [-0.25, -0.2) is 4.90 Å². The van der Waals surface area contributed by atoms with E-state index in [1.165, 1.54) is 5.56 Å². The van der Waals surface area contributed by atoms with Crippen LogP contribution in [-0.4, -0.2) is 64.1 Å². The topological polar surface area (TPSA) is 98.2 Å². The Morgan fingerprint density at radius 1 is 1.18 bits per heavy atom. The first kappa shape index (κ1) is 23.6. The van der Waals surface area contributed by atoms with Crippen LogP contribution in [0.2, 0.25) is 5.02 Å². The molecule has 2 aromatic carbocycles. The molecule has 0 saturated heterocycles. The number of ether oxygens (including phenoxy) is 2. The molecule has 7 nitrogen and oxygen atoms in total. The average Bonchev–Trinajstić information content (AvgIpc) is 3.48. The van der Waals surface area contributed by atoms with Crippen molar-refractivity contribution < 1.29 is 24.8 Å². The van der Waals surface area contributed by atoms with Gasteiger partial charge in [0.2, 0.25) is 6.41 Å². The van der Waals surface area contributed by atoms with Gasteiger partial charge in [0.05, 0.1) is 19.3 Å². The number of nitrogens with zero attached hydrogens (tertiary/aromatic N) is 1. The second kappa shape index (κ2) is 9.49. The Morgan fingerprint density at radius 2 is 1.94 bits per heavy atom. The highest BCUT2D eigenvalue weighted by Crippen LogP contribution is 2.46. The summed E-state index contributed by atoms with van der Waals surface area (Å²) in [6.07, 6.45) is 1.07. The molecule has 4 N–H and O–H groups in total. The van der Waals surface area contributed by atoms with Crippen LogP contribution >= 0.6 is 11.6 Å². The van der Waals surface area contributed by atoms with Crippen molar-refractivity contribution >= 4 is 22.5 Å². The minimum absolute atomic E-state index is 0.0175. The number of hydrogen-bond acceptors (Lipinski definition) is 6. The predicted molar refractivity (Wildman–Crippen MR) is 130 cm³/mol. The van der Waals surface area contributed by atoms with Crippen LogP contribution in [0.15, 0.2) is 42.5 Å². The molecule has 8 heteroatoms. The number of aromatic amines is 1. The summed E-state index contributed by atoms with van der Waals surface area (Å²) in [5.41, 5.74) is 4.39. The standard InChI is InChI=1S/C26H31ClN2O5/c1-26(9-10-26)15-34-25(32)29-11-8-20-21-12-17(27)4-7-22(21)28-23(20)24(29)16-2-5-19(6-3-16)33-14-18(31)13-30/h2-7,12,18,24-25,28,30-32H,8-11,13-15H2,1H3/t18-,24-,25?/m0/s1. The first-order valence-electron chi connectivity index (χ1n) is 11.7. The molecule has 182 valence electrons. The van der Waals surface area contributed by atoms with Crippen molar-refractivity contribution in [3.05, 3.63) is 64.3 Å². The molecule has 0 amide bonds. The number of aliphatic hydroxyl groups is 3. The highest BCUT2D eigenvalue weighted by Gasteiger charge is 2.40. The van der Waals surface area contributed by atoms with Crippen LogP contribution in [0.4, 0.5) is 0 Å². The van der Waals surface area contributed by atoms with Crippen molar-refractivity contribution in [2.24, 2.45) is 5.41 Å². The monoisotopic (exact) mass is 486 g/mol. The molecule has 1 saturated carbocycles. The van der Waals surface area contributed by atoms with Crippen LogP contribution in [0.3, 0.4) is 0 Å². The van der Waals surface area contributed by atoms with Crippen LogP contribution in [0.25, 0.3) is 10.9 Å². The molecule has 0 radical (unpaired) electrons. The smallest absolute Gasteiger partial charge is 0.216 e. The van der Waals surface area contributed by atoms with Crippen molar-refractivity contribution in [2.75, 3.05) is 26.4 Å². The summed E-state index contributed by atoms with van der Waals surface area (Å²) in [4.78, 5) is 5.55. The van der Waals surface area contributed by atoms with Gasteiger partial charge in [-0.15, -0.1) is 0 Å². The van der Waals surface area contributed by atoms with E-state index in [2.05, 4.69) is 11.9 Å². The van der Waals surface area contributed by atoms with Crippen LogP contribution in [0.5, 0.6) is 5.75 Å². The third-order valence-corrected chi connectivity index (χ3v) is 7.18. The van der Waals surface area contributed by atoms with E-state index in [0.29, 0.717) is 23.9 Å². The maximum atomic E-state index is 11.1. The molecule has 3 aromatic rings. The zero-order valence-corrected chi connectivity index (χ0v) is 20.0. The number of fused-ring (bicyclic) bond motifs is 3. The Kier molecular flexibility index (Phi) is 6.59. The quantitative estimate of drug-likeness (QED) is 0.345. The van der Waals surface area contributed by atoms with Gasteiger partial charge in [0.1, 0.15) is 18.5 Å². The normalized spacial score (nSPS) is 21.3. The molecule has 2 aliphatic rings. The highest BCUT2D eigenvalue weighted by atomic mass is 35.5. The summed E-state index contributed by atoms with van der Waals surface area (Å²) >= 11 is 6.29. The number of rotatable bonds is 9. The number of H-pyrrole nitrogens is 1. The highest BCUT2D eigenvalue weighted by molar-refractivity contribution is 6.31. The van der Waals surface area contributed by atoms with Crippen molar-refractivity contribution in [3.8, 4) is 5.75 Å². The fourth-order valence-electron chi connectivity index (χ4n) is 4.60. The van der Waals surface area contributed by atoms with E-state index < -0.39 is 12.5 Å². The number of aromatic nitrogens is 1. The van der Waals surface area contributed by atoms with E-state index in [0.717, 1.165) is 41.4 Å². The van der Waals surface area contributed by atoms with Crippen LogP contribution < -0.4 is 4.74 Å². The summed E-state index contributed by atoms with van der Waals surface area (Å²) in [5.74, 6) is 0.598. The maximum Gasteiger partial charge on any atom is 0.216 e. The van der Waals surface area contributed by atoms with Gasteiger partial charge in [0.25, 0.3) is 0 Å². The van der Waals surface area contributed by atoms with Crippen molar-refractivity contribution in [1.29, 1.82) is 0 Å². The summed E-state index contributed by atoms with van der Waals surface area (Å²) < 4.78 is 11.5. The second-order valence-electron chi connectivity index (χ2n) is 9.76. The fraction of sp³-hybridized carbons (Fsp3) is 0.462. The van der Waals surface area contributed by atoms with Crippen LogP contribution in [0.1, 0.15) is 42.6 Å². The summed E-state index contributed by atoms with van der Waals surface area (Å²) in [5, 5.41) is 31.4. The van der Waals surface area contributed by atoms with Gasteiger partial charge in [0.15, 0.2) is 0 Å². The molecule has 5 rings (SSSR count). The van der Waals surface area contributed by atoms with E-state index in [1.54, 1.807) is 0 Å². The average molecular weight is 487 g/mol. The molecule has 1 fully saturated rings. The number of nitrogens with one attached hydrogen (secondary N) is 1. The fourth-order valence-corrected chi connectivity index (χ4v) is 4.77. The molecular formula is C26H31ClN2O5. The minimum atomic E-state index is -1.03. The van der Waals surface area contributed by atoms with E-state index >= 15 is 0 Å². The number of aliphatic hydroxyl groups excluding tert-OH is 3. The zero-order chi connectivity index (χ0) is 23.9. The lowest BCUT2D eigenvalue weighted by Crippen LogP contribution is -2.45. The van der Waals surface area contributed by atoms with Crippen LogP contribution in [0, 0.1) is 5.41 Å². The Morgan fingerprint density at radius 3 is 2.65 bits per heavy atom. The molecular weight excluding hydrogens is 456 g/mol. The third-order valence-electron chi connectivity index (χ3n) is 6.94. The first-order valence-corrected chi connectivity index (χ1v) is 12.1. The Bertz CT molecular complexity index is 1140. The van der Waals surface area contributed by atoms with Crippen molar-refractivity contribution in [1.82, 2.24) is 9.88 Å². The van der Waals surface area contributed by atoms with Gasteiger partial charge >= 0.3 is 0 Å². The van der Waals surface area contributed by atoms with Gasteiger partial charge in [-0.3, -0.25) is 0 Å². The van der Waals surface area contributed by atoms with Gasteiger partial charge < -0.3 is 29.8 Å². The van der Waals surface area contributed by atoms with E-state index in [9.17, 15) is 10.2 Å². The Labute approximate surface area is 203 Å². The molecule has 1 aromatic heterocycles. The molecule has 2 heterocycles. The van der Waals surface area contributed by atoms with Gasteiger partial charge in [-0.2, -0.15) is 0 Å². The summed E-state index contributed by atoms with van der Waals surface area (Å²) in [6, 6.07) is 13.2. The van der Waals surface area contributed by atoms with E-state index in [-0.39, 0.29) is 24.7 Å². The lowest BCUT2D eigenvalue weighted by atomic mass is 9.92. The predicted octanol–water partition coefficient (Wildman–Crippen LogP) is 3.59. The number of halogens is 1. The van der Waals surface area contributed by atoms with Gasteiger partial charge in [-0.1, -0.05) is 30.7 Å².